The van der Waals surface area contributed by atoms with Gasteiger partial charge in [-0.25, -0.2) is 0 Å². The molecule has 2 aliphatic rings. The van der Waals surface area contributed by atoms with Crippen LogP contribution in [0.5, 0.6) is 0 Å². The highest BCUT2D eigenvalue weighted by Gasteiger charge is 2.44. The van der Waals surface area contributed by atoms with Crippen molar-refractivity contribution in [2.45, 2.75) is 25.7 Å². The van der Waals surface area contributed by atoms with Crippen molar-refractivity contribution in [1.82, 2.24) is 9.80 Å². The van der Waals surface area contributed by atoms with Gasteiger partial charge < -0.3 is 9.80 Å². The van der Waals surface area contributed by atoms with Gasteiger partial charge >= 0.3 is 0 Å². The molecule has 2 saturated heterocycles. The number of piperidine rings is 1. The van der Waals surface area contributed by atoms with Crippen molar-refractivity contribution in [2.24, 2.45) is 5.41 Å². The lowest BCUT2D eigenvalue weighted by atomic mass is 9.72. The molecule has 0 atom stereocenters. The van der Waals surface area contributed by atoms with Gasteiger partial charge in [0.2, 0.25) is 5.91 Å². The first-order chi connectivity index (χ1) is 12.7. The van der Waals surface area contributed by atoms with Crippen LogP contribution in [0, 0.1) is 5.41 Å². The summed E-state index contributed by atoms with van der Waals surface area (Å²) in [5.74, 6) is 0.284. The Hall–Kier alpha value is -1.84. The van der Waals surface area contributed by atoms with E-state index < -0.39 is 0 Å². The molecule has 4 rings (SSSR count). The molecule has 0 bridgehead atoms. The molecule has 1 spiro atoms. The average Bonchev–Trinajstić information content (AvgIpc) is 2.66. The number of rotatable bonds is 5. The molecule has 2 aromatic rings. The zero-order valence-electron chi connectivity index (χ0n) is 15.8. The molecule has 0 unspecified atom stereocenters. The van der Waals surface area contributed by atoms with Crippen molar-refractivity contribution >= 4 is 18.3 Å². The molecule has 0 aliphatic carbocycles. The Bertz CT molecular complexity index is 719. The van der Waals surface area contributed by atoms with Crippen molar-refractivity contribution in [3.63, 3.8) is 0 Å². The van der Waals surface area contributed by atoms with Crippen LogP contribution in [0.15, 0.2) is 60.7 Å². The molecule has 0 N–H and O–H groups in total. The fraction of sp³-hybridized carbons (Fsp3) is 0.435. The molecule has 0 radical (unpaired) electrons. The molecule has 3 nitrogen and oxygen atoms in total. The van der Waals surface area contributed by atoms with Crippen LogP contribution in [0.1, 0.15) is 24.0 Å². The molecule has 144 valence electrons. The summed E-state index contributed by atoms with van der Waals surface area (Å²) in [5.41, 5.74) is 3.02. The Morgan fingerprint density at radius 2 is 1.41 bits per heavy atom. The number of carbonyl (C=O) groups excluding carboxylic acids is 1. The standard InChI is InChI=1S/C23H28N2O.ClH/c26-22(17-21-9-5-2-6-10-21)25-15-12-23(13-16-25)18-24(19-23)14-11-20-7-3-1-4-8-20;/h1-10H,11-19H2;1H. The second-order valence-electron chi connectivity index (χ2n) is 7.99. The molecule has 0 aromatic heterocycles. The third-order valence-corrected chi connectivity index (χ3v) is 6.05. The van der Waals surface area contributed by atoms with Gasteiger partial charge in [0.05, 0.1) is 6.42 Å². The second kappa shape index (κ2) is 8.90. The van der Waals surface area contributed by atoms with Crippen LogP contribution in [-0.4, -0.2) is 48.4 Å². The summed E-state index contributed by atoms with van der Waals surface area (Å²) in [6.45, 7) is 5.43. The van der Waals surface area contributed by atoms with E-state index in [4.69, 9.17) is 0 Å². The van der Waals surface area contributed by atoms with Gasteiger partial charge in [0.15, 0.2) is 0 Å². The van der Waals surface area contributed by atoms with Gasteiger partial charge in [-0.3, -0.25) is 4.79 Å². The number of hydrogen-bond donors (Lipinski definition) is 0. The van der Waals surface area contributed by atoms with Crippen molar-refractivity contribution in [2.75, 3.05) is 32.7 Å². The SMILES string of the molecule is Cl.O=C(Cc1ccccc1)N1CCC2(CC1)CN(CCc1ccccc1)C2. The largest absolute Gasteiger partial charge is 0.342 e. The summed E-state index contributed by atoms with van der Waals surface area (Å²) in [6.07, 6.45) is 4.00. The molecule has 2 aromatic carbocycles. The zero-order valence-corrected chi connectivity index (χ0v) is 16.7. The highest BCUT2D eigenvalue weighted by atomic mass is 35.5. The highest BCUT2D eigenvalue weighted by molar-refractivity contribution is 5.85. The minimum atomic E-state index is 0. The van der Waals surface area contributed by atoms with E-state index in [2.05, 4.69) is 40.1 Å². The molecule has 0 saturated carbocycles. The van der Waals surface area contributed by atoms with Crippen LogP contribution in [0.2, 0.25) is 0 Å². The maximum atomic E-state index is 12.5. The zero-order chi connectivity index (χ0) is 17.8. The quantitative estimate of drug-likeness (QED) is 0.782. The molecule has 2 heterocycles. The Morgan fingerprint density at radius 3 is 2.00 bits per heavy atom. The van der Waals surface area contributed by atoms with E-state index in [1.54, 1.807) is 0 Å². The number of benzene rings is 2. The topological polar surface area (TPSA) is 23.6 Å². The maximum Gasteiger partial charge on any atom is 0.226 e. The number of carbonyl (C=O) groups is 1. The third kappa shape index (κ3) is 4.91. The number of hydrogen-bond acceptors (Lipinski definition) is 2. The van der Waals surface area contributed by atoms with E-state index in [0.29, 0.717) is 11.8 Å². The molecular weight excluding hydrogens is 356 g/mol. The van der Waals surface area contributed by atoms with Crippen molar-refractivity contribution in [3.8, 4) is 0 Å². The predicted octanol–water partition coefficient (Wildman–Crippen LogP) is 3.82. The van der Waals surface area contributed by atoms with Crippen LogP contribution >= 0.6 is 12.4 Å². The first kappa shape index (κ1) is 19.9. The van der Waals surface area contributed by atoms with Gasteiger partial charge in [-0.2, -0.15) is 0 Å². The van der Waals surface area contributed by atoms with E-state index in [1.807, 2.05) is 30.3 Å². The van der Waals surface area contributed by atoms with Gasteiger partial charge in [0.25, 0.3) is 0 Å². The fourth-order valence-corrected chi connectivity index (χ4v) is 4.42. The number of likely N-dealkylation sites (tertiary alicyclic amines) is 2. The van der Waals surface area contributed by atoms with Crippen LogP contribution in [0.3, 0.4) is 0 Å². The van der Waals surface area contributed by atoms with E-state index in [9.17, 15) is 4.79 Å². The van der Waals surface area contributed by atoms with Crippen LogP contribution < -0.4 is 0 Å². The summed E-state index contributed by atoms with van der Waals surface area (Å²) in [4.78, 5) is 17.2. The summed E-state index contributed by atoms with van der Waals surface area (Å²) in [5, 5.41) is 0. The molecule has 1 amide bonds. The van der Waals surface area contributed by atoms with Gasteiger partial charge in [0, 0.05) is 32.7 Å². The molecular formula is C23H29ClN2O. The van der Waals surface area contributed by atoms with Gasteiger partial charge in [0.1, 0.15) is 0 Å². The van der Waals surface area contributed by atoms with Gasteiger partial charge in [-0.15, -0.1) is 12.4 Å². The average molecular weight is 385 g/mol. The van der Waals surface area contributed by atoms with Crippen molar-refractivity contribution in [3.05, 3.63) is 71.8 Å². The van der Waals surface area contributed by atoms with E-state index in [1.165, 1.54) is 18.7 Å². The Kier molecular flexibility index (Phi) is 6.56. The lowest BCUT2D eigenvalue weighted by Gasteiger charge is -2.54. The lowest BCUT2D eigenvalue weighted by Crippen LogP contribution is -2.61. The summed E-state index contributed by atoms with van der Waals surface area (Å²) >= 11 is 0. The number of nitrogens with zero attached hydrogens (tertiary/aromatic N) is 2. The predicted molar refractivity (Wildman–Crippen MR) is 112 cm³/mol. The molecule has 4 heteroatoms. The monoisotopic (exact) mass is 384 g/mol. The lowest BCUT2D eigenvalue weighted by molar-refractivity contribution is -0.135. The summed E-state index contributed by atoms with van der Waals surface area (Å²) in [7, 11) is 0. The Labute approximate surface area is 168 Å². The normalized spacial score (nSPS) is 18.6. The van der Waals surface area contributed by atoms with E-state index >= 15 is 0 Å². The first-order valence-corrected chi connectivity index (χ1v) is 9.81. The number of amides is 1. The van der Waals surface area contributed by atoms with E-state index in [-0.39, 0.29) is 18.3 Å². The summed E-state index contributed by atoms with van der Waals surface area (Å²) in [6, 6.07) is 20.8. The fourth-order valence-electron chi connectivity index (χ4n) is 4.42. The Balaban J connectivity index is 0.00000210. The number of halogens is 1. The smallest absolute Gasteiger partial charge is 0.226 e. The van der Waals surface area contributed by atoms with Crippen molar-refractivity contribution in [1.29, 1.82) is 0 Å². The van der Waals surface area contributed by atoms with E-state index in [0.717, 1.165) is 44.5 Å². The van der Waals surface area contributed by atoms with Crippen LogP contribution in [-0.2, 0) is 17.6 Å². The second-order valence-corrected chi connectivity index (χ2v) is 7.99. The van der Waals surface area contributed by atoms with Gasteiger partial charge in [-0.1, -0.05) is 60.7 Å². The molecule has 2 aliphatic heterocycles. The highest BCUT2D eigenvalue weighted by Crippen LogP contribution is 2.40. The minimum absolute atomic E-state index is 0. The first-order valence-electron chi connectivity index (χ1n) is 9.81. The van der Waals surface area contributed by atoms with Crippen molar-refractivity contribution < 1.29 is 4.79 Å². The summed E-state index contributed by atoms with van der Waals surface area (Å²) < 4.78 is 0. The molecule has 2 fully saturated rings. The third-order valence-electron chi connectivity index (χ3n) is 6.05. The Morgan fingerprint density at radius 1 is 0.852 bits per heavy atom. The maximum absolute atomic E-state index is 12.5. The van der Waals surface area contributed by atoms with Crippen LogP contribution in [0.25, 0.3) is 0 Å². The minimum Gasteiger partial charge on any atom is -0.342 e. The molecule has 27 heavy (non-hydrogen) atoms. The van der Waals surface area contributed by atoms with Crippen LogP contribution in [0.4, 0.5) is 0 Å². The van der Waals surface area contributed by atoms with Gasteiger partial charge in [-0.05, 0) is 35.8 Å².